The van der Waals surface area contributed by atoms with Crippen LogP contribution in [0.1, 0.15) is 16.8 Å². The number of ether oxygens (including phenoxy) is 1. The molecular formula is C25H26FN3O4S. The zero-order chi connectivity index (χ0) is 24.1. The summed E-state index contributed by atoms with van der Waals surface area (Å²) in [6.07, 6.45) is 0.841. The number of rotatable bonds is 6. The van der Waals surface area contributed by atoms with Crippen LogP contribution in [0.15, 0.2) is 77.7 Å². The minimum absolute atomic E-state index is 0.0416. The lowest BCUT2D eigenvalue weighted by Crippen LogP contribution is -2.35. The van der Waals surface area contributed by atoms with E-state index in [1.807, 2.05) is 29.2 Å². The molecule has 1 amide bonds. The molecule has 0 aromatic heterocycles. The highest BCUT2D eigenvalue weighted by molar-refractivity contribution is 7.92. The smallest absolute Gasteiger partial charge is 0.261 e. The molecule has 0 unspecified atom stereocenters. The Balaban J connectivity index is 1.38. The summed E-state index contributed by atoms with van der Waals surface area (Å²) in [5.41, 5.74) is 1.90. The Morgan fingerprint density at radius 1 is 0.882 bits per heavy atom. The number of amides is 1. The van der Waals surface area contributed by atoms with Gasteiger partial charge in [0.05, 0.1) is 12.0 Å². The summed E-state index contributed by atoms with van der Waals surface area (Å²) >= 11 is 0. The van der Waals surface area contributed by atoms with E-state index in [1.165, 1.54) is 12.1 Å². The lowest BCUT2D eigenvalue weighted by Gasteiger charge is -2.24. The van der Waals surface area contributed by atoms with Crippen LogP contribution < -0.4 is 14.4 Å². The number of hydrogen-bond donors (Lipinski definition) is 1. The summed E-state index contributed by atoms with van der Waals surface area (Å²) in [4.78, 5) is 17.1. The van der Waals surface area contributed by atoms with Gasteiger partial charge in [0, 0.05) is 43.1 Å². The van der Waals surface area contributed by atoms with E-state index < -0.39 is 15.8 Å². The van der Waals surface area contributed by atoms with E-state index >= 15 is 0 Å². The topological polar surface area (TPSA) is 79.0 Å². The quantitative estimate of drug-likeness (QED) is 0.574. The summed E-state index contributed by atoms with van der Waals surface area (Å²) < 4.78 is 45.7. The summed E-state index contributed by atoms with van der Waals surface area (Å²) in [5, 5.41) is 0. The Bertz CT molecular complexity index is 1230. The molecule has 1 aliphatic rings. The summed E-state index contributed by atoms with van der Waals surface area (Å²) in [7, 11) is -2.21. The van der Waals surface area contributed by atoms with Gasteiger partial charge in [-0.15, -0.1) is 0 Å². The number of nitrogens with zero attached hydrogens (tertiary/aromatic N) is 2. The molecule has 0 bridgehead atoms. The van der Waals surface area contributed by atoms with E-state index in [4.69, 9.17) is 4.74 Å². The highest BCUT2D eigenvalue weighted by atomic mass is 32.2. The van der Waals surface area contributed by atoms with E-state index in [9.17, 15) is 17.6 Å². The zero-order valence-electron chi connectivity index (χ0n) is 18.8. The molecule has 1 saturated heterocycles. The third kappa shape index (κ3) is 5.48. The molecule has 9 heteroatoms. The standard InChI is InChI=1S/C25H26FN3O4S/c1-33-23-11-9-22(10-12-23)28-15-2-16-29(18-17-28)25(30)19-3-7-21(8-4-19)27-34(31,32)24-13-5-20(26)6-14-24/h3-14,27H,2,15-18H2,1H3. The van der Waals surface area contributed by atoms with Crippen molar-refractivity contribution in [1.29, 1.82) is 0 Å². The van der Waals surface area contributed by atoms with Crippen LogP contribution in [0, 0.1) is 5.82 Å². The number of methoxy groups -OCH3 is 1. The van der Waals surface area contributed by atoms with Gasteiger partial charge in [0.2, 0.25) is 0 Å². The van der Waals surface area contributed by atoms with Gasteiger partial charge >= 0.3 is 0 Å². The first-order chi connectivity index (χ1) is 16.4. The maximum absolute atomic E-state index is 13.1. The van der Waals surface area contributed by atoms with Crippen molar-refractivity contribution in [3.8, 4) is 5.75 Å². The second-order valence-electron chi connectivity index (χ2n) is 7.97. The van der Waals surface area contributed by atoms with E-state index in [-0.39, 0.29) is 10.8 Å². The Morgan fingerprint density at radius 3 is 2.21 bits per heavy atom. The second-order valence-corrected chi connectivity index (χ2v) is 9.65. The first-order valence-electron chi connectivity index (χ1n) is 10.9. The van der Waals surface area contributed by atoms with Gasteiger partial charge in [-0.05, 0) is 79.2 Å². The molecular weight excluding hydrogens is 457 g/mol. The SMILES string of the molecule is COc1ccc(N2CCCN(C(=O)c3ccc(NS(=O)(=O)c4ccc(F)cc4)cc3)CC2)cc1. The van der Waals surface area contributed by atoms with Gasteiger partial charge in [-0.25, -0.2) is 12.8 Å². The third-order valence-corrected chi connectivity index (χ3v) is 7.13. The van der Waals surface area contributed by atoms with Crippen LogP contribution >= 0.6 is 0 Å². The Kier molecular flexibility index (Phi) is 7.02. The van der Waals surface area contributed by atoms with Crippen molar-refractivity contribution < 1.29 is 22.3 Å². The van der Waals surface area contributed by atoms with Crippen LogP contribution in [0.3, 0.4) is 0 Å². The van der Waals surface area contributed by atoms with Crippen LogP contribution in [-0.2, 0) is 10.0 Å². The van der Waals surface area contributed by atoms with Crippen molar-refractivity contribution in [3.63, 3.8) is 0 Å². The molecule has 178 valence electrons. The highest BCUT2D eigenvalue weighted by Gasteiger charge is 2.21. The Hall–Kier alpha value is -3.59. The van der Waals surface area contributed by atoms with Crippen LogP contribution in [0.5, 0.6) is 5.75 Å². The van der Waals surface area contributed by atoms with Gasteiger partial charge in [0.1, 0.15) is 11.6 Å². The number of hydrogen-bond acceptors (Lipinski definition) is 5. The lowest BCUT2D eigenvalue weighted by atomic mass is 10.2. The van der Waals surface area contributed by atoms with E-state index in [0.717, 1.165) is 36.5 Å². The fraction of sp³-hybridized carbons (Fsp3) is 0.240. The molecule has 0 radical (unpaired) electrons. The first-order valence-corrected chi connectivity index (χ1v) is 12.4. The predicted molar refractivity (Wildman–Crippen MR) is 129 cm³/mol. The molecule has 1 N–H and O–H groups in total. The van der Waals surface area contributed by atoms with Crippen LogP contribution in [0.25, 0.3) is 0 Å². The van der Waals surface area contributed by atoms with Gasteiger partial charge < -0.3 is 14.5 Å². The normalized spacial score (nSPS) is 14.4. The molecule has 1 aliphatic heterocycles. The molecule has 0 aliphatic carbocycles. The second kappa shape index (κ2) is 10.1. The van der Waals surface area contributed by atoms with Crippen molar-refractivity contribution >= 4 is 27.3 Å². The Morgan fingerprint density at radius 2 is 1.56 bits per heavy atom. The van der Waals surface area contributed by atoms with Crippen molar-refractivity contribution in [2.24, 2.45) is 0 Å². The van der Waals surface area contributed by atoms with E-state index in [0.29, 0.717) is 30.9 Å². The molecule has 0 atom stereocenters. The van der Waals surface area contributed by atoms with E-state index in [2.05, 4.69) is 9.62 Å². The van der Waals surface area contributed by atoms with Gasteiger partial charge in [-0.2, -0.15) is 0 Å². The predicted octanol–water partition coefficient (Wildman–Crippen LogP) is 3.99. The van der Waals surface area contributed by atoms with Crippen LogP contribution in [-0.4, -0.2) is 52.5 Å². The fourth-order valence-corrected chi connectivity index (χ4v) is 4.92. The molecule has 1 heterocycles. The number of carbonyl (C=O) groups excluding carboxylic acids is 1. The van der Waals surface area contributed by atoms with Gasteiger partial charge in [0.15, 0.2) is 0 Å². The van der Waals surface area contributed by atoms with E-state index in [1.54, 1.807) is 31.4 Å². The number of benzene rings is 3. The minimum atomic E-state index is -3.85. The Labute approximate surface area is 198 Å². The summed E-state index contributed by atoms with van der Waals surface area (Å²) in [6, 6.07) is 18.8. The fourth-order valence-electron chi connectivity index (χ4n) is 3.86. The minimum Gasteiger partial charge on any atom is -0.497 e. The molecule has 0 saturated carbocycles. The number of halogens is 1. The van der Waals surface area contributed by atoms with Gasteiger partial charge in [0.25, 0.3) is 15.9 Å². The van der Waals surface area contributed by atoms with Crippen LogP contribution in [0.2, 0.25) is 0 Å². The molecule has 7 nitrogen and oxygen atoms in total. The third-order valence-electron chi connectivity index (χ3n) is 5.73. The van der Waals surface area contributed by atoms with Gasteiger partial charge in [-0.3, -0.25) is 9.52 Å². The summed E-state index contributed by atoms with van der Waals surface area (Å²) in [5.74, 6) is 0.200. The molecule has 1 fully saturated rings. The molecule has 4 rings (SSSR count). The van der Waals surface area contributed by atoms with Crippen molar-refractivity contribution in [2.75, 3.05) is 42.9 Å². The van der Waals surface area contributed by atoms with Crippen molar-refractivity contribution in [1.82, 2.24) is 4.90 Å². The molecule has 0 spiro atoms. The number of sulfonamides is 1. The number of carbonyl (C=O) groups is 1. The average Bonchev–Trinajstić information content (AvgIpc) is 3.11. The molecule has 34 heavy (non-hydrogen) atoms. The van der Waals surface area contributed by atoms with Crippen molar-refractivity contribution in [3.05, 3.63) is 84.2 Å². The average molecular weight is 484 g/mol. The maximum atomic E-state index is 13.1. The lowest BCUT2D eigenvalue weighted by molar-refractivity contribution is 0.0767. The number of anilines is 2. The highest BCUT2D eigenvalue weighted by Crippen LogP contribution is 2.22. The summed E-state index contributed by atoms with van der Waals surface area (Å²) in [6.45, 7) is 2.79. The molecule has 3 aromatic rings. The number of nitrogens with one attached hydrogen (secondary N) is 1. The monoisotopic (exact) mass is 483 g/mol. The van der Waals surface area contributed by atoms with Crippen molar-refractivity contribution in [2.45, 2.75) is 11.3 Å². The largest absolute Gasteiger partial charge is 0.497 e. The maximum Gasteiger partial charge on any atom is 0.261 e. The zero-order valence-corrected chi connectivity index (χ0v) is 19.6. The van der Waals surface area contributed by atoms with Gasteiger partial charge in [-0.1, -0.05) is 0 Å². The van der Waals surface area contributed by atoms with Crippen LogP contribution in [0.4, 0.5) is 15.8 Å². The molecule has 3 aromatic carbocycles. The first kappa shape index (κ1) is 23.6.